The first-order chi connectivity index (χ1) is 18.9. The molecule has 2 heterocycles. The SMILES string of the molecule is COC(=O)[C@H](CCCN=C(N)N)NC(=O)[C@H](Cc1c[nH]c2ccccc12)NC(=O)Cc1c[nH]c2ccccc12. The molecular weight excluding hydrogens is 498 g/mol. The topological polar surface area (TPSA) is 180 Å². The van der Waals surface area contributed by atoms with Gasteiger partial charge in [0.05, 0.1) is 13.5 Å². The first-order valence-corrected chi connectivity index (χ1v) is 12.7. The Morgan fingerprint density at radius 3 is 2.15 bits per heavy atom. The van der Waals surface area contributed by atoms with Gasteiger partial charge in [0.15, 0.2) is 5.96 Å². The number of methoxy groups -OCH3 is 1. The third-order valence-electron chi connectivity index (χ3n) is 6.52. The number of aromatic amines is 2. The van der Waals surface area contributed by atoms with Gasteiger partial charge >= 0.3 is 5.97 Å². The number of ether oxygens (including phenoxy) is 1. The van der Waals surface area contributed by atoms with Gasteiger partial charge in [-0.2, -0.15) is 0 Å². The van der Waals surface area contributed by atoms with Crippen LogP contribution >= 0.6 is 0 Å². The summed E-state index contributed by atoms with van der Waals surface area (Å²) in [4.78, 5) is 49.4. The smallest absolute Gasteiger partial charge is 0.328 e. The van der Waals surface area contributed by atoms with E-state index in [0.29, 0.717) is 13.0 Å². The van der Waals surface area contributed by atoms with Crippen LogP contribution in [0.5, 0.6) is 0 Å². The Bertz CT molecular complexity index is 1490. The van der Waals surface area contributed by atoms with E-state index in [0.717, 1.165) is 32.9 Å². The van der Waals surface area contributed by atoms with E-state index in [1.165, 1.54) is 7.11 Å². The largest absolute Gasteiger partial charge is 0.467 e. The highest BCUT2D eigenvalue weighted by Gasteiger charge is 2.28. The van der Waals surface area contributed by atoms with Crippen molar-refractivity contribution >= 4 is 45.5 Å². The van der Waals surface area contributed by atoms with E-state index < -0.39 is 24.0 Å². The number of nitrogens with one attached hydrogen (secondary N) is 4. The van der Waals surface area contributed by atoms with Gasteiger partial charge in [-0.25, -0.2) is 4.79 Å². The number of rotatable bonds is 12. The summed E-state index contributed by atoms with van der Waals surface area (Å²) in [5.74, 6) is -1.46. The number of hydrogen-bond acceptors (Lipinski definition) is 5. The summed E-state index contributed by atoms with van der Waals surface area (Å²) in [5, 5.41) is 7.52. The molecular formula is C28H33N7O4. The molecule has 8 N–H and O–H groups in total. The fraction of sp³-hybridized carbons (Fsp3) is 0.286. The van der Waals surface area contributed by atoms with Crippen molar-refractivity contribution in [2.24, 2.45) is 16.5 Å². The van der Waals surface area contributed by atoms with Crippen molar-refractivity contribution in [1.29, 1.82) is 0 Å². The molecule has 11 nitrogen and oxygen atoms in total. The number of aliphatic imine (C=N–C) groups is 1. The zero-order valence-electron chi connectivity index (χ0n) is 21.7. The minimum Gasteiger partial charge on any atom is -0.467 e. The second kappa shape index (κ2) is 12.6. The van der Waals surface area contributed by atoms with Crippen LogP contribution in [0.25, 0.3) is 21.8 Å². The summed E-state index contributed by atoms with van der Waals surface area (Å²) in [6, 6.07) is 13.5. The molecule has 2 amide bonds. The van der Waals surface area contributed by atoms with Crippen molar-refractivity contribution in [3.8, 4) is 0 Å². The average molecular weight is 532 g/mol. The number of guanidine groups is 1. The highest BCUT2D eigenvalue weighted by Crippen LogP contribution is 2.20. The van der Waals surface area contributed by atoms with E-state index in [9.17, 15) is 14.4 Å². The molecule has 4 rings (SSSR count). The zero-order chi connectivity index (χ0) is 27.8. The second-order valence-corrected chi connectivity index (χ2v) is 9.25. The summed E-state index contributed by atoms with van der Waals surface area (Å²) in [6.45, 7) is 0.297. The first kappa shape index (κ1) is 27.2. The van der Waals surface area contributed by atoms with Crippen LogP contribution < -0.4 is 22.1 Å². The van der Waals surface area contributed by atoms with E-state index in [1.807, 2.05) is 54.7 Å². The summed E-state index contributed by atoms with van der Waals surface area (Å²) < 4.78 is 4.89. The fourth-order valence-electron chi connectivity index (χ4n) is 4.59. The molecule has 0 saturated heterocycles. The maximum Gasteiger partial charge on any atom is 0.328 e. The fourth-order valence-corrected chi connectivity index (χ4v) is 4.59. The maximum absolute atomic E-state index is 13.5. The minimum absolute atomic E-state index is 0.0506. The van der Waals surface area contributed by atoms with Gasteiger partial charge in [0.25, 0.3) is 0 Å². The van der Waals surface area contributed by atoms with Gasteiger partial charge in [0, 0.05) is 47.2 Å². The Morgan fingerprint density at radius 1 is 0.897 bits per heavy atom. The first-order valence-electron chi connectivity index (χ1n) is 12.7. The minimum atomic E-state index is -0.938. The monoisotopic (exact) mass is 531 g/mol. The molecule has 0 saturated carbocycles. The Labute approximate surface area is 225 Å². The van der Waals surface area contributed by atoms with Crippen molar-refractivity contribution in [2.45, 2.75) is 37.8 Å². The van der Waals surface area contributed by atoms with Gasteiger partial charge in [-0.3, -0.25) is 14.6 Å². The van der Waals surface area contributed by atoms with Crippen LogP contribution in [0.2, 0.25) is 0 Å². The molecule has 2 aromatic heterocycles. The Hall–Kier alpha value is -4.80. The quantitative estimate of drug-likeness (QED) is 0.0699. The number of para-hydroxylation sites is 2. The number of amides is 2. The summed E-state index contributed by atoms with van der Waals surface area (Å²) >= 11 is 0. The zero-order valence-corrected chi connectivity index (χ0v) is 21.7. The number of H-pyrrole nitrogens is 2. The van der Waals surface area contributed by atoms with Crippen LogP contribution in [0, 0.1) is 0 Å². The Balaban J connectivity index is 1.52. The van der Waals surface area contributed by atoms with Crippen LogP contribution in [-0.2, 0) is 32.0 Å². The predicted octanol–water partition coefficient (Wildman–Crippen LogP) is 1.63. The van der Waals surface area contributed by atoms with Crippen LogP contribution in [0.4, 0.5) is 0 Å². The van der Waals surface area contributed by atoms with Gasteiger partial charge in [0.2, 0.25) is 11.8 Å². The maximum atomic E-state index is 13.5. The molecule has 0 fully saturated rings. The number of nitrogens with zero attached hydrogens (tertiary/aromatic N) is 1. The lowest BCUT2D eigenvalue weighted by atomic mass is 10.0. The van der Waals surface area contributed by atoms with Gasteiger partial charge < -0.3 is 36.8 Å². The van der Waals surface area contributed by atoms with Gasteiger partial charge in [-0.15, -0.1) is 0 Å². The van der Waals surface area contributed by atoms with Crippen LogP contribution in [-0.4, -0.2) is 59.4 Å². The van der Waals surface area contributed by atoms with Gasteiger partial charge in [0.1, 0.15) is 12.1 Å². The third-order valence-corrected chi connectivity index (χ3v) is 6.52. The Kier molecular flexibility index (Phi) is 8.82. The second-order valence-electron chi connectivity index (χ2n) is 9.25. The molecule has 0 spiro atoms. The number of benzene rings is 2. The number of aromatic nitrogens is 2. The van der Waals surface area contributed by atoms with Crippen molar-refractivity contribution in [3.63, 3.8) is 0 Å². The van der Waals surface area contributed by atoms with Crippen molar-refractivity contribution in [1.82, 2.24) is 20.6 Å². The normalized spacial score (nSPS) is 12.5. The molecule has 11 heteroatoms. The van der Waals surface area contributed by atoms with Crippen LogP contribution in [0.1, 0.15) is 24.0 Å². The van der Waals surface area contributed by atoms with Crippen molar-refractivity contribution in [3.05, 3.63) is 72.1 Å². The highest BCUT2D eigenvalue weighted by molar-refractivity contribution is 5.94. The number of carbonyl (C=O) groups excluding carboxylic acids is 3. The lowest BCUT2D eigenvalue weighted by Crippen LogP contribution is -2.53. The van der Waals surface area contributed by atoms with Gasteiger partial charge in [-0.05, 0) is 36.1 Å². The molecule has 0 bridgehead atoms. The molecule has 204 valence electrons. The average Bonchev–Trinajstić information content (AvgIpc) is 3.53. The molecule has 39 heavy (non-hydrogen) atoms. The van der Waals surface area contributed by atoms with E-state index in [4.69, 9.17) is 16.2 Å². The van der Waals surface area contributed by atoms with E-state index in [1.54, 1.807) is 6.20 Å². The standard InChI is InChI=1S/C28H33N7O4/c1-39-27(38)23(11-6-12-31-28(29)30)35-26(37)24(13-17-15-32-21-9-4-2-7-19(17)21)34-25(36)14-18-16-33-22-10-5-3-8-20(18)22/h2-5,7-10,15-16,23-24,32-33H,6,11-14H2,1H3,(H,34,36)(H,35,37)(H4,29,30,31)/t23-,24-/m0/s1. The molecule has 0 aliphatic heterocycles. The molecule has 0 unspecified atom stereocenters. The summed E-state index contributed by atoms with van der Waals surface area (Å²) in [6.07, 6.45) is 4.63. The lowest BCUT2D eigenvalue weighted by molar-refractivity contribution is -0.145. The van der Waals surface area contributed by atoms with E-state index in [2.05, 4.69) is 25.6 Å². The third kappa shape index (κ3) is 6.95. The molecule has 0 aliphatic rings. The van der Waals surface area contributed by atoms with Crippen molar-refractivity contribution < 1.29 is 19.1 Å². The summed E-state index contributed by atoms with van der Waals surface area (Å²) in [5.41, 5.74) is 14.3. The van der Waals surface area contributed by atoms with Crippen molar-refractivity contribution in [2.75, 3.05) is 13.7 Å². The molecule has 4 aromatic rings. The number of esters is 1. The molecule has 0 radical (unpaired) electrons. The van der Waals surface area contributed by atoms with Crippen LogP contribution in [0.15, 0.2) is 65.9 Å². The van der Waals surface area contributed by atoms with E-state index >= 15 is 0 Å². The number of carbonyl (C=O) groups is 3. The highest BCUT2D eigenvalue weighted by atomic mass is 16.5. The summed E-state index contributed by atoms with van der Waals surface area (Å²) in [7, 11) is 1.25. The lowest BCUT2D eigenvalue weighted by Gasteiger charge is -2.22. The number of fused-ring (bicyclic) bond motifs is 2. The number of nitrogens with two attached hydrogens (primary N) is 2. The molecule has 2 aromatic carbocycles. The predicted molar refractivity (Wildman–Crippen MR) is 150 cm³/mol. The van der Waals surface area contributed by atoms with Crippen LogP contribution in [0.3, 0.4) is 0 Å². The number of hydrogen-bond donors (Lipinski definition) is 6. The molecule has 0 aliphatic carbocycles. The van der Waals surface area contributed by atoms with E-state index in [-0.39, 0.29) is 31.1 Å². The van der Waals surface area contributed by atoms with Gasteiger partial charge in [-0.1, -0.05) is 36.4 Å². The molecule has 2 atom stereocenters. The Morgan fingerprint density at radius 2 is 1.51 bits per heavy atom.